The molecular weight excluding hydrogens is 138 g/mol. The Hall–Kier alpha value is -0.550. The van der Waals surface area contributed by atoms with Crippen molar-refractivity contribution in [1.82, 2.24) is 14.9 Å². The zero-order chi connectivity index (χ0) is 6.69. The highest BCUT2D eigenvalue weighted by Crippen LogP contribution is 1.93. The molecule has 0 atom stereocenters. The minimum absolute atomic E-state index is 0.504. The molecule has 50 valence electrons. The first-order chi connectivity index (χ1) is 4.33. The van der Waals surface area contributed by atoms with Crippen LogP contribution in [0.3, 0.4) is 0 Å². The largest absolute Gasteiger partial charge is 0.338 e. The lowest BCUT2D eigenvalue weighted by Gasteiger charge is -1.84. The summed E-state index contributed by atoms with van der Waals surface area (Å²) in [4.78, 5) is 3.91. The molecule has 4 nitrogen and oxygen atoms in total. The van der Waals surface area contributed by atoms with Gasteiger partial charge in [0.15, 0.2) is 5.82 Å². The molecule has 0 spiro atoms. The number of rotatable bonds is 2. The molecule has 0 saturated heterocycles. The summed E-state index contributed by atoms with van der Waals surface area (Å²) >= 11 is 3.76. The summed E-state index contributed by atoms with van der Waals surface area (Å²) in [5, 5.41) is 3.58. The van der Waals surface area contributed by atoms with Crippen LogP contribution >= 0.6 is 12.8 Å². The van der Waals surface area contributed by atoms with Crippen LogP contribution in [0.15, 0.2) is 4.52 Å². The van der Waals surface area contributed by atoms with Crippen LogP contribution in [0.5, 0.6) is 0 Å². The van der Waals surface area contributed by atoms with E-state index < -0.39 is 0 Å². The summed E-state index contributed by atoms with van der Waals surface area (Å²) in [6.07, 6.45) is 0. The van der Waals surface area contributed by atoms with Crippen molar-refractivity contribution in [2.45, 2.75) is 13.5 Å². The van der Waals surface area contributed by atoms with Gasteiger partial charge in [0.05, 0.1) is 6.54 Å². The van der Waals surface area contributed by atoms with Gasteiger partial charge < -0.3 is 4.52 Å². The quantitative estimate of drug-likeness (QED) is 0.588. The van der Waals surface area contributed by atoms with Crippen molar-refractivity contribution in [2.75, 3.05) is 0 Å². The van der Waals surface area contributed by atoms with Crippen molar-refractivity contribution in [3.63, 3.8) is 0 Å². The van der Waals surface area contributed by atoms with Crippen LogP contribution in [0.1, 0.15) is 11.7 Å². The minimum Gasteiger partial charge on any atom is -0.338 e. The number of nitrogens with zero attached hydrogens (tertiary/aromatic N) is 2. The van der Waals surface area contributed by atoms with Gasteiger partial charge >= 0.3 is 0 Å². The second-order valence-electron chi connectivity index (χ2n) is 1.57. The lowest BCUT2D eigenvalue weighted by molar-refractivity contribution is 0.373. The Morgan fingerprint density at radius 2 is 2.56 bits per heavy atom. The Kier molecular flexibility index (Phi) is 2.07. The summed E-state index contributed by atoms with van der Waals surface area (Å²) < 4.78 is 7.33. The summed E-state index contributed by atoms with van der Waals surface area (Å²) in [6.45, 7) is 2.27. The first-order valence-electron chi connectivity index (χ1n) is 2.49. The van der Waals surface area contributed by atoms with Crippen LogP contribution in [-0.2, 0) is 6.54 Å². The number of hydrogen-bond acceptors (Lipinski definition) is 5. The molecule has 0 saturated carbocycles. The fraction of sp³-hybridized carbons (Fsp3) is 0.500. The van der Waals surface area contributed by atoms with E-state index in [1.807, 2.05) is 0 Å². The fourth-order valence-corrected chi connectivity index (χ4v) is 0.615. The lowest BCUT2D eigenvalue weighted by Crippen LogP contribution is -1.97. The molecule has 0 aliphatic heterocycles. The lowest BCUT2D eigenvalue weighted by atomic mass is 10.6. The van der Waals surface area contributed by atoms with Crippen molar-refractivity contribution in [1.29, 1.82) is 0 Å². The number of aryl methyl sites for hydroxylation is 1. The third-order valence-corrected chi connectivity index (χ3v) is 0.958. The maximum atomic E-state index is 4.73. The van der Waals surface area contributed by atoms with E-state index in [2.05, 4.69) is 27.7 Å². The summed E-state index contributed by atoms with van der Waals surface area (Å²) in [5.74, 6) is 1.20. The Balaban J connectivity index is 2.61. The van der Waals surface area contributed by atoms with E-state index in [0.29, 0.717) is 18.3 Å². The Morgan fingerprint density at radius 1 is 1.78 bits per heavy atom. The molecule has 0 aliphatic rings. The summed E-state index contributed by atoms with van der Waals surface area (Å²) in [7, 11) is 0. The average molecular weight is 145 g/mol. The van der Waals surface area contributed by atoms with Gasteiger partial charge in [-0.15, -0.1) is 0 Å². The zero-order valence-corrected chi connectivity index (χ0v) is 5.85. The Morgan fingerprint density at radius 3 is 3.00 bits per heavy atom. The van der Waals surface area contributed by atoms with E-state index in [1.165, 1.54) is 0 Å². The van der Waals surface area contributed by atoms with Crippen molar-refractivity contribution >= 4 is 12.8 Å². The van der Waals surface area contributed by atoms with Gasteiger partial charge in [-0.25, -0.2) is 0 Å². The molecule has 1 N–H and O–H groups in total. The topological polar surface area (TPSA) is 51.0 Å². The van der Waals surface area contributed by atoms with E-state index in [1.54, 1.807) is 6.92 Å². The normalized spacial score (nSPS) is 10.0. The van der Waals surface area contributed by atoms with E-state index in [-0.39, 0.29) is 0 Å². The third-order valence-electron chi connectivity index (χ3n) is 0.800. The van der Waals surface area contributed by atoms with Crippen LogP contribution in [0.4, 0.5) is 0 Å². The van der Waals surface area contributed by atoms with Crippen molar-refractivity contribution in [3.8, 4) is 0 Å². The predicted molar refractivity (Wildman–Crippen MR) is 34.9 cm³/mol. The Bertz CT molecular complexity index is 188. The average Bonchev–Trinajstić information content (AvgIpc) is 2.17. The molecule has 1 rings (SSSR count). The highest BCUT2D eigenvalue weighted by atomic mass is 32.1. The molecular formula is C4H7N3OS. The molecule has 1 aromatic rings. The molecule has 5 heteroatoms. The van der Waals surface area contributed by atoms with Crippen LogP contribution in [-0.4, -0.2) is 10.1 Å². The van der Waals surface area contributed by atoms with Crippen molar-refractivity contribution in [3.05, 3.63) is 11.7 Å². The molecule has 0 amide bonds. The monoisotopic (exact) mass is 145 g/mol. The predicted octanol–water partition coefficient (Wildman–Crippen LogP) is 0.312. The number of thiol groups is 1. The smallest absolute Gasteiger partial charge is 0.241 e. The molecule has 0 aliphatic carbocycles. The molecule has 0 unspecified atom stereocenters. The van der Waals surface area contributed by atoms with Gasteiger partial charge in [-0.3, -0.25) is 4.72 Å². The maximum Gasteiger partial charge on any atom is 0.241 e. The molecule has 0 radical (unpaired) electrons. The van der Waals surface area contributed by atoms with Crippen molar-refractivity contribution < 1.29 is 4.52 Å². The van der Waals surface area contributed by atoms with Gasteiger partial charge in [-0.05, 0) is 6.92 Å². The molecule has 1 aromatic heterocycles. The van der Waals surface area contributed by atoms with Gasteiger partial charge in [0, 0.05) is 0 Å². The standard InChI is InChI=1S/C4H7N3OS/c1-3-6-4(2-5-9)8-7-3/h5,9H,2H2,1H3. The van der Waals surface area contributed by atoms with E-state index in [4.69, 9.17) is 4.52 Å². The second kappa shape index (κ2) is 2.84. The number of hydrogen-bond donors (Lipinski definition) is 2. The zero-order valence-electron chi connectivity index (χ0n) is 4.96. The first kappa shape index (κ1) is 6.57. The van der Waals surface area contributed by atoms with E-state index in [9.17, 15) is 0 Å². The van der Waals surface area contributed by atoms with Crippen LogP contribution < -0.4 is 4.72 Å². The van der Waals surface area contributed by atoms with Gasteiger partial charge in [0.2, 0.25) is 5.89 Å². The maximum absolute atomic E-state index is 4.73. The van der Waals surface area contributed by atoms with Gasteiger partial charge in [-0.1, -0.05) is 18.0 Å². The van der Waals surface area contributed by atoms with Gasteiger partial charge in [0.1, 0.15) is 0 Å². The molecule has 0 aromatic carbocycles. The van der Waals surface area contributed by atoms with E-state index >= 15 is 0 Å². The third kappa shape index (κ3) is 1.69. The summed E-state index contributed by atoms with van der Waals surface area (Å²) in [6, 6.07) is 0. The van der Waals surface area contributed by atoms with Crippen LogP contribution in [0.2, 0.25) is 0 Å². The molecule has 9 heavy (non-hydrogen) atoms. The minimum atomic E-state index is 0.504. The van der Waals surface area contributed by atoms with Crippen molar-refractivity contribution in [2.24, 2.45) is 0 Å². The van der Waals surface area contributed by atoms with Crippen LogP contribution in [0.25, 0.3) is 0 Å². The van der Waals surface area contributed by atoms with Gasteiger partial charge in [-0.2, -0.15) is 4.98 Å². The fourth-order valence-electron chi connectivity index (χ4n) is 0.479. The number of aromatic nitrogens is 2. The second-order valence-corrected chi connectivity index (χ2v) is 1.89. The van der Waals surface area contributed by atoms with Crippen LogP contribution in [0, 0.1) is 6.92 Å². The highest BCUT2D eigenvalue weighted by Gasteiger charge is 1.98. The highest BCUT2D eigenvalue weighted by molar-refractivity contribution is 7.78. The first-order valence-corrected chi connectivity index (χ1v) is 2.94. The molecule has 1 heterocycles. The molecule has 0 bridgehead atoms. The number of nitrogens with one attached hydrogen (secondary N) is 1. The van der Waals surface area contributed by atoms with Gasteiger partial charge in [0.25, 0.3) is 0 Å². The SMILES string of the molecule is Cc1noc(CNS)n1. The Labute approximate surface area is 58.2 Å². The van der Waals surface area contributed by atoms with E-state index in [0.717, 1.165) is 0 Å². The summed E-state index contributed by atoms with van der Waals surface area (Å²) in [5.41, 5.74) is 0. The molecule has 0 fully saturated rings.